The molecule has 1 aliphatic carbocycles. The Kier molecular flexibility index (Phi) is 4.25. The van der Waals surface area contributed by atoms with E-state index in [0.29, 0.717) is 19.0 Å². The number of amides is 2. The first-order valence-corrected chi connectivity index (χ1v) is 7.21. The van der Waals surface area contributed by atoms with E-state index in [1.165, 1.54) is 12.8 Å². The molecule has 4 nitrogen and oxygen atoms in total. The van der Waals surface area contributed by atoms with Gasteiger partial charge < -0.3 is 10.2 Å². The average molecular weight is 252 g/mol. The van der Waals surface area contributed by atoms with Gasteiger partial charge in [0, 0.05) is 25.0 Å². The number of nitrogens with zero attached hydrogens (tertiary/aromatic N) is 1. The second-order valence-corrected chi connectivity index (χ2v) is 5.70. The van der Waals surface area contributed by atoms with Crippen molar-refractivity contribution in [2.24, 2.45) is 5.92 Å². The molecular formula is C14H24N2O2. The van der Waals surface area contributed by atoms with E-state index < -0.39 is 0 Å². The number of carbonyl (C=O) groups excluding carboxylic acids is 2. The molecule has 2 fully saturated rings. The summed E-state index contributed by atoms with van der Waals surface area (Å²) in [5.41, 5.74) is 0. The number of hydrogen-bond donors (Lipinski definition) is 1. The van der Waals surface area contributed by atoms with E-state index in [0.717, 1.165) is 19.3 Å². The summed E-state index contributed by atoms with van der Waals surface area (Å²) in [6.45, 7) is 4.69. The molecule has 0 aromatic rings. The number of hydrogen-bond acceptors (Lipinski definition) is 2. The van der Waals surface area contributed by atoms with Crippen molar-refractivity contribution in [1.29, 1.82) is 0 Å². The molecule has 1 aliphatic heterocycles. The monoisotopic (exact) mass is 252 g/mol. The highest BCUT2D eigenvalue weighted by Crippen LogP contribution is 2.29. The van der Waals surface area contributed by atoms with E-state index in [2.05, 4.69) is 12.2 Å². The molecule has 1 saturated heterocycles. The first-order valence-electron chi connectivity index (χ1n) is 7.21. The summed E-state index contributed by atoms with van der Waals surface area (Å²) < 4.78 is 0. The summed E-state index contributed by atoms with van der Waals surface area (Å²) in [6, 6.07) is 0.604. The minimum absolute atomic E-state index is 0.0539. The van der Waals surface area contributed by atoms with Crippen LogP contribution in [0.1, 0.15) is 52.4 Å². The Morgan fingerprint density at radius 2 is 2.11 bits per heavy atom. The van der Waals surface area contributed by atoms with Gasteiger partial charge in [0.05, 0.1) is 5.92 Å². The molecule has 1 heterocycles. The van der Waals surface area contributed by atoms with Gasteiger partial charge in [-0.25, -0.2) is 0 Å². The van der Waals surface area contributed by atoms with E-state index in [1.54, 1.807) is 0 Å². The third-order valence-corrected chi connectivity index (χ3v) is 4.30. The molecule has 2 aliphatic rings. The van der Waals surface area contributed by atoms with Gasteiger partial charge >= 0.3 is 0 Å². The first kappa shape index (κ1) is 13.4. The van der Waals surface area contributed by atoms with E-state index in [9.17, 15) is 9.59 Å². The van der Waals surface area contributed by atoms with Gasteiger partial charge in [0.15, 0.2) is 0 Å². The Labute approximate surface area is 109 Å². The fraction of sp³-hybridized carbons (Fsp3) is 0.857. The fourth-order valence-electron chi connectivity index (χ4n) is 2.94. The van der Waals surface area contributed by atoms with Crippen LogP contribution in [0.5, 0.6) is 0 Å². The molecule has 2 atom stereocenters. The predicted octanol–water partition coefficient (Wildman–Crippen LogP) is 1.69. The van der Waals surface area contributed by atoms with Crippen LogP contribution in [0.25, 0.3) is 0 Å². The lowest BCUT2D eigenvalue weighted by Gasteiger charge is -2.24. The normalized spacial score (nSPS) is 26.7. The summed E-state index contributed by atoms with van der Waals surface area (Å²) in [4.78, 5) is 26.0. The Morgan fingerprint density at radius 1 is 1.44 bits per heavy atom. The zero-order valence-corrected chi connectivity index (χ0v) is 11.4. The zero-order chi connectivity index (χ0) is 13.1. The lowest BCUT2D eigenvalue weighted by atomic mass is 10.1. The predicted molar refractivity (Wildman–Crippen MR) is 70.0 cm³/mol. The second-order valence-electron chi connectivity index (χ2n) is 5.70. The highest BCUT2D eigenvalue weighted by molar-refractivity contribution is 5.89. The summed E-state index contributed by atoms with van der Waals surface area (Å²) in [5, 5.41) is 2.99. The van der Waals surface area contributed by atoms with Crippen LogP contribution in [0.4, 0.5) is 0 Å². The number of likely N-dealkylation sites (tertiary alicyclic amines) is 1. The summed E-state index contributed by atoms with van der Waals surface area (Å²) in [5.74, 6) is 0.0940. The van der Waals surface area contributed by atoms with Crippen LogP contribution >= 0.6 is 0 Å². The smallest absolute Gasteiger partial charge is 0.225 e. The molecule has 1 saturated carbocycles. The maximum Gasteiger partial charge on any atom is 0.225 e. The van der Waals surface area contributed by atoms with Gasteiger partial charge in [0.25, 0.3) is 0 Å². The first-order chi connectivity index (χ1) is 8.61. The third-order valence-electron chi connectivity index (χ3n) is 4.30. The summed E-state index contributed by atoms with van der Waals surface area (Å²) >= 11 is 0. The minimum atomic E-state index is -0.132. The number of carbonyl (C=O) groups is 2. The molecule has 0 aromatic heterocycles. The second kappa shape index (κ2) is 5.72. The molecule has 102 valence electrons. The van der Waals surface area contributed by atoms with Crippen LogP contribution in [-0.4, -0.2) is 35.3 Å². The van der Waals surface area contributed by atoms with Crippen LogP contribution in [0.3, 0.4) is 0 Å². The van der Waals surface area contributed by atoms with Gasteiger partial charge in [-0.1, -0.05) is 19.8 Å². The van der Waals surface area contributed by atoms with Gasteiger partial charge in [0.1, 0.15) is 0 Å². The SMILES string of the molecule is CC[C@@H](C)NC(=O)[C@@H]1CC(=O)N(C2CCCC2)C1. The van der Waals surface area contributed by atoms with E-state index >= 15 is 0 Å². The fourth-order valence-corrected chi connectivity index (χ4v) is 2.94. The molecular weight excluding hydrogens is 228 g/mol. The van der Waals surface area contributed by atoms with Crippen molar-refractivity contribution < 1.29 is 9.59 Å². The standard InChI is InChI=1S/C14H24N2O2/c1-3-10(2)15-14(18)11-8-13(17)16(9-11)12-6-4-5-7-12/h10-12H,3-9H2,1-2H3,(H,15,18)/t10-,11-/m1/s1. The molecule has 0 aromatic carbocycles. The van der Waals surface area contributed by atoms with Crippen molar-refractivity contribution in [3.05, 3.63) is 0 Å². The number of rotatable bonds is 4. The molecule has 4 heteroatoms. The minimum Gasteiger partial charge on any atom is -0.353 e. The molecule has 0 unspecified atom stereocenters. The Balaban J connectivity index is 1.89. The van der Waals surface area contributed by atoms with Crippen LogP contribution in [0, 0.1) is 5.92 Å². The molecule has 2 rings (SSSR count). The van der Waals surface area contributed by atoms with Crippen molar-refractivity contribution >= 4 is 11.8 Å². The molecule has 2 amide bonds. The largest absolute Gasteiger partial charge is 0.353 e. The van der Waals surface area contributed by atoms with Gasteiger partial charge in [-0.05, 0) is 26.2 Å². The van der Waals surface area contributed by atoms with Crippen LogP contribution in [0.15, 0.2) is 0 Å². The van der Waals surface area contributed by atoms with Crippen LogP contribution in [0.2, 0.25) is 0 Å². The lowest BCUT2D eigenvalue weighted by molar-refractivity contribution is -0.130. The summed E-state index contributed by atoms with van der Waals surface area (Å²) in [6.07, 6.45) is 6.00. The van der Waals surface area contributed by atoms with Crippen molar-refractivity contribution in [2.45, 2.75) is 64.5 Å². The van der Waals surface area contributed by atoms with Gasteiger partial charge in [-0.2, -0.15) is 0 Å². The topological polar surface area (TPSA) is 49.4 Å². The van der Waals surface area contributed by atoms with Crippen molar-refractivity contribution in [3.8, 4) is 0 Å². The molecule has 18 heavy (non-hydrogen) atoms. The molecule has 0 radical (unpaired) electrons. The molecule has 0 bridgehead atoms. The Morgan fingerprint density at radius 3 is 2.72 bits per heavy atom. The number of nitrogens with one attached hydrogen (secondary N) is 1. The highest BCUT2D eigenvalue weighted by Gasteiger charge is 2.38. The quantitative estimate of drug-likeness (QED) is 0.827. The van der Waals surface area contributed by atoms with E-state index in [-0.39, 0.29) is 23.8 Å². The van der Waals surface area contributed by atoms with Gasteiger partial charge in [-0.15, -0.1) is 0 Å². The summed E-state index contributed by atoms with van der Waals surface area (Å²) in [7, 11) is 0. The lowest BCUT2D eigenvalue weighted by Crippen LogP contribution is -2.39. The van der Waals surface area contributed by atoms with Crippen molar-refractivity contribution in [3.63, 3.8) is 0 Å². The average Bonchev–Trinajstić information content (AvgIpc) is 2.97. The van der Waals surface area contributed by atoms with Crippen molar-refractivity contribution in [1.82, 2.24) is 10.2 Å². The van der Waals surface area contributed by atoms with Gasteiger partial charge in [0.2, 0.25) is 11.8 Å². The van der Waals surface area contributed by atoms with Gasteiger partial charge in [-0.3, -0.25) is 9.59 Å². The Hall–Kier alpha value is -1.06. The Bertz CT molecular complexity index is 324. The van der Waals surface area contributed by atoms with E-state index in [4.69, 9.17) is 0 Å². The van der Waals surface area contributed by atoms with Crippen LogP contribution in [-0.2, 0) is 9.59 Å². The molecule has 1 N–H and O–H groups in total. The zero-order valence-electron chi connectivity index (χ0n) is 11.4. The third kappa shape index (κ3) is 2.85. The maximum atomic E-state index is 12.0. The molecule has 0 spiro atoms. The van der Waals surface area contributed by atoms with Crippen LogP contribution < -0.4 is 5.32 Å². The maximum absolute atomic E-state index is 12.0. The van der Waals surface area contributed by atoms with Crippen molar-refractivity contribution in [2.75, 3.05) is 6.54 Å². The van der Waals surface area contributed by atoms with E-state index in [1.807, 2.05) is 11.8 Å². The highest BCUT2D eigenvalue weighted by atomic mass is 16.2.